The number of aliphatic hydroxyl groups is 1. The number of amides is 1. The third-order valence-corrected chi connectivity index (χ3v) is 5.99. The Labute approximate surface area is 198 Å². The number of furan rings is 1. The Bertz CT molecular complexity index is 1270. The summed E-state index contributed by atoms with van der Waals surface area (Å²) in [6, 6.07) is 11.6. The zero-order valence-corrected chi connectivity index (χ0v) is 20.0. The molecule has 1 amide bonds. The van der Waals surface area contributed by atoms with E-state index in [0.717, 1.165) is 11.1 Å². The Morgan fingerprint density at radius 2 is 1.82 bits per heavy atom. The summed E-state index contributed by atoms with van der Waals surface area (Å²) in [4.78, 5) is 31.9. The third-order valence-electron chi connectivity index (χ3n) is 5.99. The number of nitrogens with zero attached hydrogens (tertiary/aromatic N) is 2. The van der Waals surface area contributed by atoms with Crippen LogP contribution in [0, 0.1) is 6.92 Å². The van der Waals surface area contributed by atoms with Crippen molar-refractivity contribution < 1.29 is 23.8 Å². The van der Waals surface area contributed by atoms with E-state index in [1.807, 2.05) is 6.07 Å². The second kappa shape index (κ2) is 8.82. The number of hydrogen-bond donors (Lipinski definition) is 1. The van der Waals surface area contributed by atoms with Gasteiger partial charge in [-0.25, -0.2) is 0 Å². The monoisotopic (exact) mass is 460 g/mol. The van der Waals surface area contributed by atoms with Gasteiger partial charge in [0.15, 0.2) is 0 Å². The Hall–Kier alpha value is -3.87. The number of benzene rings is 1. The molecule has 1 saturated heterocycles. The zero-order valence-electron chi connectivity index (χ0n) is 20.0. The van der Waals surface area contributed by atoms with Crippen LogP contribution >= 0.6 is 0 Å². The number of ketones is 1. The van der Waals surface area contributed by atoms with Gasteiger partial charge in [-0.2, -0.15) is 0 Å². The van der Waals surface area contributed by atoms with Crippen molar-refractivity contribution in [3.63, 3.8) is 0 Å². The molecule has 7 nitrogen and oxygen atoms in total. The van der Waals surface area contributed by atoms with Crippen LogP contribution in [0.15, 0.2) is 64.8 Å². The maximum Gasteiger partial charge on any atom is 0.296 e. The lowest BCUT2D eigenvalue weighted by Gasteiger charge is -2.24. The van der Waals surface area contributed by atoms with Gasteiger partial charge in [-0.05, 0) is 59.9 Å². The number of hydrogen-bond acceptors (Lipinski definition) is 6. The Morgan fingerprint density at radius 3 is 2.41 bits per heavy atom. The Kier molecular flexibility index (Phi) is 6.04. The van der Waals surface area contributed by atoms with E-state index in [-0.39, 0.29) is 23.3 Å². The second-order valence-electron chi connectivity index (χ2n) is 9.40. The Morgan fingerprint density at radius 1 is 1.12 bits per heavy atom. The molecule has 34 heavy (non-hydrogen) atoms. The molecule has 1 fully saturated rings. The maximum absolute atomic E-state index is 13.3. The largest absolute Gasteiger partial charge is 0.507 e. The van der Waals surface area contributed by atoms with Gasteiger partial charge < -0.3 is 19.2 Å². The van der Waals surface area contributed by atoms with Gasteiger partial charge in [0.25, 0.3) is 11.7 Å². The van der Waals surface area contributed by atoms with Crippen LogP contribution in [0.1, 0.15) is 55.0 Å². The molecule has 2 aromatic heterocycles. The smallest absolute Gasteiger partial charge is 0.296 e. The first-order chi connectivity index (χ1) is 16.1. The molecule has 1 unspecified atom stereocenters. The molecule has 0 aliphatic carbocycles. The highest BCUT2D eigenvalue weighted by atomic mass is 16.5. The van der Waals surface area contributed by atoms with Crippen LogP contribution < -0.4 is 4.74 Å². The van der Waals surface area contributed by atoms with Crippen LogP contribution in [0.3, 0.4) is 0 Å². The van der Waals surface area contributed by atoms with Crippen molar-refractivity contribution in [2.75, 3.05) is 7.11 Å². The summed E-state index contributed by atoms with van der Waals surface area (Å²) in [5.41, 5.74) is 1.87. The molecule has 3 aromatic rings. The fraction of sp³-hybridized carbons (Fsp3) is 0.296. The van der Waals surface area contributed by atoms with Gasteiger partial charge in [-0.3, -0.25) is 14.6 Å². The van der Waals surface area contributed by atoms with Gasteiger partial charge in [0.2, 0.25) is 0 Å². The van der Waals surface area contributed by atoms with E-state index in [4.69, 9.17) is 9.15 Å². The summed E-state index contributed by atoms with van der Waals surface area (Å²) < 4.78 is 11.3. The zero-order chi connectivity index (χ0) is 24.6. The van der Waals surface area contributed by atoms with Crippen LogP contribution in [0.5, 0.6) is 5.75 Å². The standard InChI is InChI=1S/C27H28N2O5/c1-16-6-8-21(34-16)23-22(25(31)26(32)29(23)15-17-10-12-28-13-11-17)24(30)19-14-18(27(2,3)4)7-9-20(19)33-5/h6-14,23,30H,15H2,1-5H3/b24-22+. The SMILES string of the molecule is COc1ccc(C(C)(C)C)cc1/C(O)=C1\C(=O)C(=O)N(Cc2ccncc2)C1c1ccc(C)o1. The number of rotatable bonds is 5. The van der Waals surface area contributed by atoms with Crippen LogP contribution in [-0.4, -0.2) is 33.8 Å². The molecule has 176 valence electrons. The van der Waals surface area contributed by atoms with Crippen LogP contribution in [-0.2, 0) is 21.5 Å². The number of Topliss-reactive ketones (excluding diaryl/α,β-unsaturated/α-hetero) is 1. The highest BCUT2D eigenvalue weighted by molar-refractivity contribution is 6.46. The normalized spacial score (nSPS) is 17.9. The number of likely N-dealkylation sites (tertiary alicyclic amines) is 1. The summed E-state index contributed by atoms with van der Waals surface area (Å²) in [6.45, 7) is 8.11. The number of aromatic nitrogens is 1. The second-order valence-corrected chi connectivity index (χ2v) is 9.40. The van der Waals surface area contributed by atoms with E-state index >= 15 is 0 Å². The van der Waals surface area contributed by atoms with E-state index in [0.29, 0.717) is 22.8 Å². The van der Waals surface area contributed by atoms with Gasteiger partial charge in [-0.15, -0.1) is 0 Å². The van der Waals surface area contributed by atoms with E-state index in [1.165, 1.54) is 12.0 Å². The third kappa shape index (κ3) is 4.21. The van der Waals surface area contributed by atoms with Gasteiger partial charge in [0.1, 0.15) is 29.1 Å². The summed E-state index contributed by atoms with van der Waals surface area (Å²) in [5, 5.41) is 11.5. The van der Waals surface area contributed by atoms with Crippen molar-refractivity contribution in [2.24, 2.45) is 0 Å². The molecule has 1 atom stereocenters. The topological polar surface area (TPSA) is 92.9 Å². The summed E-state index contributed by atoms with van der Waals surface area (Å²) in [5.74, 6) is -0.329. The van der Waals surface area contributed by atoms with Gasteiger partial charge in [0.05, 0.1) is 18.2 Å². The van der Waals surface area contributed by atoms with Crippen molar-refractivity contribution in [3.8, 4) is 5.75 Å². The first kappa shape index (κ1) is 23.3. The van der Waals surface area contributed by atoms with Crippen LogP contribution in [0.4, 0.5) is 0 Å². The molecule has 0 radical (unpaired) electrons. The van der Waals surface area contributed by atoms with E-state index in [1.54, 1.807) is 55.7 Å². The minimum absolute atomic E-state index is 0.0298. The predicted molar refractivity (Wildman–Crippen MR) is 127 cm³/mol. The minimum atomic E-state index is -0.884. The van der Waals surface area contributed by atoms with E-state index < -0.39 is 17.7 Å². The van der Waals surface area contributed by atoms with Crippen molar-refractivity contribution >= 4 is 17.4 Å². The molecule has 1 aliphatic rings. The molecule has 0 spiro atoms. The summed E-state index contributed by atoms with van der Waals surface area (Å²) in [7, 11) is 1.50. The van der Waals surface area contributed by atoms with Crippen molar-refractivity contribution in [1.82, 2.24) is 9.88 Å². The highest BCUT2D eigenvalue weighted by Gasteiger charge is 2.47. The number of carbonyl (C=O) groups is 2. The molecular weight excluding hydrogens is 432 g/mol. The molecule has 1 N–H and O–H groups in total. The molecule has 0 bridgehead atoms. The molecule has 0 saturated carbocycles. The van der Waals surface area contributed by atoms with Crippen molar-refractivity contribution in [2.45, 2.75) is 45.7 Å². The molecule has 4 rings (SSSR count). The predicted octanol–water partition coefficient (Wildman–Crippen LogP) is 4.91. The number of ether oxygens (including phenoxy) is 1. The summed E-state index contributed by atoms with van der Waals surface area (Å²) >= 11 is 0. The first-order valence-corrected chi connectivity index (χ1v) is 11.0. The lowest BCUT2D eigenvalue weighted by molar-refractivity contribution is -0.140. The lowest BCUT2D eigenvalue weighted by Crippen LogP contribution is -2.29. The van der Waals surface area contributed by atoms with Gasteiger partial charge in [0, 0.05) is 18.9 Å². The average molecular weight is 461 g/mol. The average Bonchev–Trinajstić information content (AvgIpc) is 3.34. The number of aliphatic hydroxyl groups excluding tert-OH is 1. The van der Waals surface area contributed by atoms with Gasteiger partial charge >= 0.3 is 0 Å². The van der Waals surface area contributed by atoms with Crippen LogP contribution in [0.25, 0.3) is 5.76 Å². The minimum Gasteiger partial charge on any atom is -0.507 e. The summed E-state index contributed by atoms with van der Waals surface area (Å²) in [6.07, 6.45) is 3.25. The molecular formula is C27H28N2O5. The Balaban J connectivity index is 1.91. The van der Waals surface area contributed by atoms with Crippen LogP contribution in [0.2, 0.25) is 0 Å². The quantitative estimate of drug-likeness (QED) is 0.330. The van der Waals surface area contributed by atoms with Crippen molar-refractivity contribution in [1.29, 1.82) is 0 Å². The van der Waals surface area contributed by atoms with Gasteiger partial charge in [-0.1, -0.05) is 26.8 Å². The number of pyridine rings is 1. The molecule has 3 heterocycles. The lowest BCUT2D eigenvalue weighted by atomic mass is 9.85. The first-order valence-electron chi connectivity index (χ1n) is 11.0. The fourth-order valence-electron chi connectivity index (χ4n) is 4.13. The van der Waals surface area contributed by atoms with E-state index in [9.17, 15) is 14.7 Å². The molecule has 7 heteroatoms. The molecule has 1 aliphatic heterocycles. The number of aryl methyl sites for hydroxylation is 1. The molecule has 1 aromatic carbocycles. The van der Waals surface area contributed by atoms with Crippen molar-refractivity contribution in [3.05, 3.63) is 88.6 Å². The van der Waals surface area contributed by atoms with E-state index in [2.05, 4.69) is 25.8 Å². The fourth-order valence-corrected chi connectivity index (χ4v) is 4.13. The number of carbonyl (C=O) groups excluding carboxylic acids is 2. The number of methoxy groups -OCH3 is 1. The maximum atomic E-state index is 13.3. The highest BCUT2D eigenvalue weighted by Crippen LogP contribution is 2.42.